The van der Waals surface area contributed by atoms with Gasteiger partial charge in [-0.25, -0.2) is 0 Å². The molecule has 82 valence electrons. The molecule has 2 rings (SSSR count). The lowest BCUT2D eigenvalue weighted by Crippen LogP contribution is -2.27. The van der Waals surface area contributed by atoms with E-state index in [1.54, 1.807) is 12.4 Å². The van der Waals surface area contributed by atoms with Gasteiger partial charge in [-0.1, -0.05) is 0 Å². The summed E-state index contributed by atoms with van der Waals surface area (Å²) in [6, 6.07) is 4.49. The highest BCUT2D eigenvalue weighted by atomic mass is 32.2. The Morgan fingerprint density at radius 3 is 3.27 bits per heavy atom. The van der Waals surface area contributed by atoms with Gasteiger partial charge in [0.25, 0.3) is 0 Å². The first-order valence-electron chi connectivity index (χ1n) is 5.26. The third-order valence-electron chi connectivity index (χ3n) is 2.72. The van der Waals surface area contributed by atoms with Gasteiger partial charge in [-0.05, 0) is 38.6 Å². The van der Waals surface area contributed by atoms with Crippen LogP contribution in [0.3, 0.4) is 0 Å². The Kier molecular flexibility index (Phi) is 3.86. The van der Waals surface area contributed by atoms with Gasteiger partial charge in [0.05, 0.1) is 18.2 Å². The second-order valence-electron chi connectivity index (χ2n) is 3.83. The van der Waals surface area contributed by atoms with Crippen molar-refractivity contribution in [1.82, 2.24) is 9.88 Å². The van der Waals surface area contributed by atoms with Gasteiger partial charge in [-0.3, -0.25) is 4.98 Å². The van der Waals surface area contributed by atoms with Gasteiger partial charge in [-0.15, -0.1) is 0 Å². The molecule has 1 fully saturated rings. The van der Waals surface area contributed by atoms with E-state index in [9.17, 15) is 0 Å². The number of pyridine rings is 1. The minimum absolute atomic E-state index is 0.673. The van der Waals surface area contributed by atoms with Crippen LogP contribution in [0, 0.1) is 0 Å². The van der Waals surface area contributed by atoms with Crippen molar-refractivity contribution >= 4 is 12.0 Å². The zero-order valence-electron chi connectivity index (χ0n) is 8.93. The van der Waals surface area contributed by atoms with Crippen molar-refractivity contribution in [3.8, 4) is 5.75 Å². The topological polar surface area (TPSA) is 25.4 Å². The molecule has 4 heteroatoms. The third kappa shape index (κ3) is 3.11. The van der Waals surface area contributed by atoms with Gasteiger partial charge >= 0.3 is 0 Å². The van der Waals surface area contributed by atoms with Crippen LogP contribution in [-0.4, -0.2) is 35.3 Å². The maximum absolute atomic E-state index is 5.54. The molecule has 1 aromatic heterocycles. The van der Waals surface area contributed by atoms with Crippen LogP contribution in [0.25, 0.3) is 0 Å². The minimum atomic E-state index is 0.673. The SMILES string of the molecule is CN1CCCC1CSOc1cccnc1. The second kappa shape index (κ2) is 5.37. The monoisotopic (exact) mass is 224 g/mol. The number of rotatable bonds is 4. The van der Waals surface area contributed by atoms with E-state index >= 15 is 0 Å². The number of aromatic nitrogens is 1. The van der Waals surface area contributed by atoms with E-state index in [0.717, 1.165) is 11.5 Å². The predicted octanol–water partition coefficient (Wildman–Crippen LogP) is 2.20. The number of nitrogens with zero attached hydrogens (tertiary/aromatic N) is 2. The molecule has 15 heavy (non-hydrogen) atoms. The third-order valence-corrected chi connectivity index (χ3v) is 3.55. The van der Waals surface area contributed by atoms with E-state index in [1.807, 2.05) is 12.1 Å². The van der Waals surface area contributed by atoms with Crippen LogP contribution in [-0.2, 0) is 0 Å². The normalized spacial score (nSPS) is 21.8. The van der Waals surface area contributed by atoms with Crippen molar-refractivity contribution in [2.45, 2.75) is 18.9 Å². The highest BCUT2D eigenvalue weighted by Gasteiger charge is 2.20. The van der Waals surface area contributed by atoms with E-state index in [1.165, 1.54) is 31.4 Å². The molecule has 0 radical (unpaired) electrons. The fraction of sp³-hybridized carbons (Fsp3) is 0.545. The Balaban J connectivity index is 1.71. The highest BCUT2D eigenvalue weighted by molar-refractivity contribution is 7.95. The van der Waals surface area contributed by atoms with Crippen molar-refractivity contribution in [3.05, 3.63) is 24.5 Å². The molecule has 0 bridgehead atoms. The van der Waals surface area contributed by atoms with Gasteiger partial charge in [0.15, 0.2) is 5.75 Å². The van der Waals surface area contributed by atoms with E-state index in [2.05, 4.69) is 16.9 Å². The van der Waals surface area contributed by atoms with E-state index < -0.39 is 0 Å². The Morgan fingerprint density at radius 2 is 2.60 bits per heavy atom. The first-order valence-corrected chi connectivity index (χ1v) is 6.17. The molecule has 0 amide bonds. The zero-order valence-corrected chi connectivity index (χ0v) is 9.74. The summed E-state index contributed by atoms with van der Waals surface area (Å²) in [6.45, 7) is 1.22. The maximum Gasteiger partial charge on any atom is 0.155 e. The average molecular weight is 224 g/mol. The van der Waals surface area contributed by atoms with Crippen LogP contribution in [0.5, 0.6) is 5.75 Å². The first kappa shape index (κ1) is 10.8. The molecule has 1 atom stereocenters. The van der Waals surface area contributed by atoms with Gasteiger partial charge in [-0.2, -0.15) is 0 Å². The lowest BCUT2D eigenvalue weighted by atomic mass is 10.2. The number of likely N-dealkylation sites (tertiary alicyclic amines) is 1. The summed E-state index contributed by atoms with van der Waals surface area (Å²) in [6.07, 6.45) is 6.10. The van der Waals surface area contributed by atoms with Gasteiger partial charge in [0.1, 0.15) is 0 Å². The van der Waals surface area contributed by atoms with E-state index in [-0.39, 0.29) is 0 Å². The van der Waals surface area contributed by atoms with Crippen molar-refractivity contribution in [2.75, 3.05) is 19.3 Å². The van der Waals surface area contributed by atoms with Crippen molar-refractivity contribution in [3.63, 3.8) is 0 Å². The smallest absolute Gasteiger partial charge is 0.155 e. The average Bonchev–Trinajstić information content (AvgIpc) is 2.66. The number of hydrogen-bond acceptors (Lipinski definition) is 4. The second-order valence-corrected chi connectivity index (χ2v) is 4.57. The Labute approximate surface area is 95.0 Å². The quantitative estimate of drug-likeness (QED) is 0.732. The summed E-state index contributed by atoms with van der Waals surface area (Å²) in [4.78, 5) is 6.40. The minimum Gasteiger partial charge on any atom is -0.424 e. The zero-order chi connectivity index (χ0) is 10.5. The van der Waals surface area contributed by atoms with Crippen LogP contribution in [0.2, 0.25) is 0 Å². The molecule has 0 saturated carbocycles. The van der Waals surface area contributed by atoms with Crippen LogP contribution >= 0.6 is 12.0 Å². The van der Waals surface area contributed by atoms with E-state index in [4.69, 9.17) is 4.18 Å². The molecule has 3 nitrogen and oxygen atoms in total. The van der Waals surface area contributed by atoms with Gasteiger partial charge in [0.2, 0.25) is 0 Å². The molecular formula is C11H16N2OS. The summed E-state index contributed by atoms with van der Waals surface area (Å²) >= 11 is 1.53. The Morgan fingerprint density at radius 1 is 1.67 bits per heavy atom. The van der Waals surface area contributed by atoms with Crippen molar-refractivity contribution < 1.29 is 4.18 Å². The summed E-state index contributed by atoms with van der Waals surface area (Å²) in [5, 5.41) is 0. The van der Waals surface area contributed by atoms with Crippen molar-refractivity contribution in [2.24, 2.45) is 0 Å². The van der Waals surface area contributed by atoms with Crippen LogP contribution in [0.15, 0.2) is 24.5 Å². The molecule has 2 heterocycles. The standard InChI is InChI=1S/C11H16N2OS/c1-13-7-3-4-10(13)9-15-14-11-5-2-6-12-8-11/h2,5-6,8,10H,3-4,7,9H2,1H3. The fourth-order valence-corrected chi connectivity index (χ4v) is 2.65. The lowest BCUT2D eigenvalue weighted by molar-refractivity contribution is 0.333. The largest absolute Gasteiger partial charge is 0.424 e. The molecule has 1 aliphatic heterocycles. The summed E-state index contributed by atoms with van der Waals surface area (Å²) < 4.78 is 5.54. The molecular weight excluding hydrogens is 208 g/mol. The number of hydrogen-bond donors (Lipinski definition) is 0. The maximum atomic E-state index is 5.54. The molecule has 1 unspecified atom stereocenters. The molecule has 0 spiro atoms. The van der Waals surface area contributed by atoms with Crippen molar-refractivity contribution in [1.29, 1.82) is 0 Å². The first-order chi connectivity index (χ1) is 7.36. The molecule has 0 N–H and O–H groups in total. The summed E-state index contributed by atoms with van der Waals surface area (Å²) in [5.41, 5.74) is 0. The van der Waals surface area contributed by atoms with Crippen LogP contribution in [0.1, 0.15) is 12.8 Å². The summed E-state index contributed by atoms with van der Waals surface area (Å²) in [7, 11) is 2.18. The van der Waals surface area contributed by atoms with Crippen LogP contribution in [0.4, 0.5) is 0 Å². The molecule has 0 aromatic carbocycles. The molecule has 1 aliphatic rings. The molecule has 1 aromatic rings. The van der Waals surface area contributed by atoms with Gasteiger partial charge < -0.3 is 9.08 Å². The van der Waals surface area contributed by atoms with Gasteiger partial charge in [0, 0.05) is 18.0 Å². The molecule has 0 aliphatic carbocycles. The Bertz CT molecular complexity index is 294. The summed E-state index contributed by atoms with van der Waals surface area (Å²) in [5.74, 6) is 1.87. The molecule has 1 saturated heterocycles. The van der Waals surface area contributed by atoms with Crippen LogP contribution < -0.4 is 4.18 Å². The highest BCUT2D eigenvalue weighted by Crippen LogP contribution is 2.21. The Hall–Kier alpha value is -0.740. The van der Waals surface area contributed by atoms with E-state index in [0.29, 0.717) is 6.04 Å². The predicted molar refractivity (Wildman–Crippen MR) is 63.0 cm³/mol. The fourth-order valence-electron chi connectivity index (χ4n) is 1.77. The lowest BCUT2D eigenvalue weighted by Gasteiger charge is -2.17.